The van der Waals surface area contributed by atoms with E-state index in [1.807, 2.05) is 24.3 Å². The zero-order valence-corrected chi connectivity index (χ0v) is 17.8. The number of pyridine rings is 1. The highest BCUT2D eigenvalue weighted by Crippen LogP contribution is 2.31. The van der Waals surface area contributed by atoms with Gasteiger partial charge < -0.3 is 20.5 Å². The summed E-state index contributed by atoms with van der Waals surface area (Å²) >= 11 is 0. The number of likely N-dealkylation sites (tertiary alicyclic amines) is 1. The molecule has 1 fully saturated rings. The molecule has 1 aromatic carbocycles. The SMILES string of the molecule is O=CN1CCC(c2cc(=O)[nH]c3c4c(NC(=O)NCc5cccnc5)cccc4nn23)CC1. The number of aromatic nitrogens is 4. The first-order valence-electron chi connectivity index (χ1n) is 10.8. The second-order valence-electron chi connectivity index (χ2n) is 8.10. The standard InChI is InChI=1S/C23H23N7O3/c31-14-29-9-6-16(7-10-29)19-11-20(32)27-22-21-17(4-1-5-18(21)28-30(19)22)26-23(33)25-13-15-3-2-8-24-12-15/h1-5,8,11-12,14,16H,6-7,9-10,13H2,(H,27,32)(H2,25,26,33). The quantitative estimate of drug-likeness (QED) is 0.406. The van der Waals surface area contributed by atoms with E-state index >= 15 is 0 Å². The second kappa shape index (κ2) is 8.73. The Balaban J connectivity index is 1.46. The topological polar surface area (TPSA) is 124 Å². The van der Waals surface area contributed by atoms with Gasteiger partial charge in [-0.15, -0.1) is 0 Å². The summed E-state index contributed by atoms with van der Waals surface area (Å²) in [5, 5.41) is 11.1. The summed E-state index contributed by atoms with van der Waals surface area (Å²) in [7, 11) is 0. The highest BCUT2D eigenvalue weighted by atomic mass is 16.2. The first-order chi connectivity index (χ1) is 16.1. The number of nitrogens with one attached hydrogen (secondary N) is 3. The Morgan fingerprint density at radius 2 is 2.06 bits per heavy atom. The lowest BCUT2D eigenvalue weighted by Crippen LogP contribution is -2.32. The average molecular weight is 445 g/mol. The molecule has 168 valence electrons. The monoisotopic (exact) mass is 445 g/mol. The molecular formula is C23H23N7O3. The van der Waals surface area contributed by atoms with Gasteiger partial charge in [0.1, 0.15) is 5.65 Å². The summed E-state index contributed by atoms with van der Waals surface area (Å²) in [5.41, 5.74) is 3.21. The van der Waals surface area contributed by atoms with Crippen molar-refractivity contribution in [3.05, 3.63) is 70.4 Å². The number of benzene rings is 1. The van der Waals surface area contributed by atoms with Crippen molar-refractivity contribution < 1.29 is 9.59 Å². The van der Waals surface area contributed by atoms with Crippen LogP contribution in [0.25, 0.3) is 16.6 Å². The number of rotatable bonds is 5. The van der Waals surface area contributed by atoms with Crippen LogP contribution in [0.15, 0.2) is 53.6 Å². The van der Waals surface area contributed by atoms with E-state index in [9.17, 15) is 14.4 Å². The van der Waals surface area contributed by atoms with Crippen LogP contribution in [0.1, 0.15) is 30.0 Å². The molecule has 3 N–H and O–H groups in total. The van der Waals surface area contributed by atoms with Crippen LogP contribution in [0, 0.1) is 0 Å². The van der Waals surface area contributed by atoms with Gasteiger partial charge in [-0.25, -0.2) is 9.31 Å². The molecule has 3 amide bonds. The third-order valence-corrected chi connectivity index (χ3v) is 5.98. The molecule has 0 aliphatic carbocycles. The van der Waals surface area contributed by atoms with Crippen molar-refractivity contribution in [2.75, 3.05) is 18.4 Å². The van der Waals surface area contributed by atoms with Crippen molar-refractivity contribution in [1.82, 2.24) is 29.8 Å². The van der Waals surface area contributed by atoms with Crippen LogP contribution < -0.4 is 16.2 Å². The van der Waals surface area contributed by atoms with Crippen LogP contribution in [0.4, 0.5) is 10.5 Å². The van der Waals surface area contributed by atoms with E-state index in [-0.39, 0.29) is 17.5 Å². The smallest absolute Gasteiger partial charge is 0.319 e. The molecule has 10 heteroatoms. The largest absolute Gasteiger partial charge is 0.345 e. The van der Waals surface area contributed by atoms with E-state index in [1.54, 1.807) is 33.9 Å². The number of hydrogen-bond acceptors (Lipinski definition) is 5. The molecule has 3 aromatic heterocycles. The van der Waals surface area contributed by atoms with E-state index < -0.39 is 0 Å². The van der Waals surface area contributed by atoms with Crippen LogP contribution in [0.2, 0.25) is 0 Å². The van der Waals surface area contributed by atoms with Crippen molar-refractivity contribution in [2.24, 2.45) is 0 Å². The first kappa shape index (κ1) is 20.7. The molecule has 0 saturated carbocycles. The Labute approximate surface area is 188 Å². The molecule has 0 unspecified atom stereocenters. The predicted molar refractivity (Wildman–Crippen MR) is 123 cm³/mol. The van der Waals surface area contributed by atoms with Gasteiger partial charge in [0.25, 0.3) is 5.56 Å². The summed E-state index contributed by atoms with van der Waals surface area (Å²) in [6.07, 6.45) is 5.75. The highest BCUT2D eigenvalue weighted by Gasteiger charge is 2.24. The van der Waals surface area contributed by atoms with Crippen molar-refractivity contribution in [3.8, 4) is 0 Å². The van der Waals surface area contributed by atoms with Crippen molar-refractivity contribution in [3.63, 3.8) is 0 Å². The molecule has 4 aromatic rings. The average Bonchev–Trinajstić information content (AvgIpc) is 3.22. The Bertz CT molecular complexity index is 1370. The van der Waals surface area contributed by atoms with Crippen LogP contribution >= 0.6 is 0 Å². The van der Waals surface area contributed by atoms with Crippen molar-refractivity contribution in [1.29, 1.82) is 0 Å². The molecule has 10 nitrogen and oxygen atoms in total. The predicted octanol–water partition coefficient (Wildman–Crippen LogP) is 2.23. The second-order valence-corrected chi connectivity index (χ2v) is 8.10. The molecule has 5 rings (SSSR count). The van der Waals surface area contributed by atoms with Gasteiger partial charge in [0.2, 0.25) is 6.41 Å². The Kier molecular flexibility index (Phi) is 5.47. The molecule has 1 saturated heterocycles. The number of hydrogen-bond donors (Lipinski definition) is 3. The zero-order valence-electron chi connectivity index (χ0n) is 17.8. The maximum absolute atomic E-state index is 12.6. The summed E-state index contributed by atoms with van der Waals surface area (Å²) < 4.78 is 1.76. The molecule has 33 heavy (non-hydrogen) atoms. The third-order valence-electron chi connectivity index (χ3n) is 5.98. The number of anilines is 1. The molecular weight excluding hydrogens is 422 g/mol. The van der Waals surface area contributed by atoms with Gasteiger partial charge in [-0.1, -0.05) is 12.1 Å². The van der Waals surface area contributed by atoms with Gasteiger partial charge in [-0.2, -0.15) is 5.10 Å². The summed E-state index contributed by atoms with van der Waals surface area (Å²) in [5.74, 6) is 0.111. The minimum Gasteiger partial charge on any atom is -0.345 e. The van der Waals surface area contributed by atoms with E-state index in [1.165, 1.54) is 0 Å². The fraction of sp³-hybridized carbons (Fsp3) is 0.261. The molecule has 1 aliphatic heterocycles. The minimum atomic E-state index is -0.370. The van der Waals surface area contributed by atoms with Crippen molar-refractivity contribution in [2.45, 2.75) is 25.3 Å². The number of carbonyl (C=O) groups is 2. The number of piperidine rings is 1. The number of carbonyl (C=O) groups excluding carboxylic acids is 2. The number of urea groups is 1. The maximum Gasteiger partial charge on any atom is 0.319 e. The van der Waals surface area contributed by atoms with Crippen LogP contribution in [-0.4, -0.2) is 50.0 Å². The number of fused-ring (bicyclic) bond motifs is 3. The van der Waals surface area contributed by atoms with Gasteiger partial charge in [0, 0.05) is 44.0 Å². The summed E-state index contributed by atoms with van der Waals surface area (Å²) in [6.45, 7) is 1.63. The lowest BCUT2D eigenvalue weighted by atomic mass is 9.93. The van der Waals surface area contributed by atoms with Gasteiger partial charge in [0.15, 0.2) is 0 Å². The Morgan fingerprint density at radius 1 is 1.21 bits per heavy atom. The molecule has 4 heterocycles. The molecule has 0 radical (unpaired) electrons. The maximum atomic E-state index is 12.6. The highest BCUT2D eigenvalue weighted by molar-refractivity contribution is 6.07. The fourth-order valence-corrected chi connectivity index (χ4v) is 4.33. The Hall–Kier alpha value is -4.21. The van der Waals surface area contributed by atoms with Gasteiger partial charge in [0.05, 0.1) is 22.3 Å². The van der Waals surface area contributed by atoms with E-state index in [4.69, 9.17) is 5.10 Å². The lowest BCUT2D eigenvalue weighted by molar-refractivity contribution is -0.119. The van der Waals surface area contributed by atoms with E-state index in [0.29, 0.717) is 41.9 Å². The van der Waals surface area contributed by atoms with Gasteiger partial charge >= 0.3 is 6.03 Å². The summed E-state index contributed by atoms with van der Waals surface area (Å²) in [6, 6.07) is 10.3. The van der Waals surface area contributed by atoms with Crippen LogP contribution in [0.5, 0.6) is 0 Å². The van der Waals surface area contributed by atoms with E-state index in [2.05, 4.69) is 20.6 Å². The molecule has 0 bridgehead atoms. The number of amides is 3. The third kappa shape index (κ3) is 4.14. The van der Waals surface area contributed by atoms with Crippen molar-refractivity contribution >= 4 is 34.7 Å². The fourth-order valence-electron chi connectivity index (χ4n) is 4.33. The zero-order chi connectivity index (χ0) is 22.8. The molecule has 0 atom stereocenters. The normalized spacial score (nSPS) is 14.5. The molecule has 1 aliphatic rings. The van der Waals surface area contributed by atoms with Gasteiger partial charge in [-0.05, 0) is 36.6 Å². The first-order valence-corrected chi connectivity index (χ1v) is 10.8. The number of H-pyrrole nitrogens is 1. The van der Waals surface area contributed by atoms with E-state index in [0.717, 1.165) is 30.5 Å². The summed E-state index contributed by atoms with van der Waals surface area (Å²) in [4.78, 5) is 44.8. The number of nitrogens with zero attached hydrogens (tertiary/aromatic N) is 4. The number of aromatic amines is 1. The van der Waals surface area contributed by atoms with Crippen LogP contribution in [0.3, 0.4) is 0 Å². The molecule has 0 spiro atoms. The van der Waals surface area contributed by atoms with Gasteiger partial charge in [-0.3, -0.25) is 14.6 Å². The Morgan fingerprint density at radius 3 is 2.82 bits per heavy atom. The lowest BCUT2D eigenvalue weighted by Gasteiger charge is -2.29. The minimum absolute atomic E-state index is 0.111. The van der Waals surface area contributed by atoms with Crippen LogP contribution in [-0.2, 0) is 11.3 Å².